The first-order valence-corrected chi connectivity index (χ1v) is 28.3. The van der Waals surface area contributed by atoms with Crippen molar-refractivity contribution >= 4 is 0 Å². The lowest BCUT2D eigenvalue weighted by molar-refractivity contribution is 0.0594. The van der Waals surface area contributed by atoms with E-state index in [1.165, 1.54) is 44.5 Å². The lowest BCUT2D eigenvalue weighted by Gasteiger charge is -2.16. The molecule has 2 fully saturated rings. The molecule has 2 aliphatic rings. The lowest BCUT2D eigenvalue weighted by atomic mass is 9.91. The molecule has 6 aromatic carbocycles. The maximum absolute atomic E-state index is 9.96. The fourth-order valence-electron chi connectivity index (χ4n) is 6.75. The highest BCUT2D eigenvalue weighted by atomic mass is 16.6. The predicted octanol–water partition coefficient (Wildman–Crippen LogP) is 16.0. The fourth-order valence-corrected chi connectivity index (χ4v) is 6.75. The van der Waals surface area contributed by atoms with Crippen LogP contribution in [0.1, 0.15) is 129 Å². The normalized spacial score (nSPS) is 13.3. The molecule has 6 aromatic rings. The summed E-state index contributed by atoms with van der Waals surface area (Å²) in [5.74, 6) is 0. The average molecular weight is 1050 g/mol. The second-order valence-electron chi connectivity index (χ2n) is 15.7. The number of rotatable bonds is 19. The first-order valence-electron chi connectivity index (χ1n) is 28.3. The third-order valence-electron chi connectivity index (χ3n) is 10.2. The summed E-state index contributed by atoms with van der Waals surface area (Å²) in [6.07, 6.45) is 4.93. The smallest absolute Gasteiger partial charge is 0.104 e. The standard InChI is InChI=1S/C22H30O4.2C13H12.2C4H8O2.6C2H6/c1-25-15-19(23)13-11-17-7-3-5-9-21(17)22-10-6-4-8-18(22)12-14-20(24)16-26-2;2*1-3-7-12(8-4-1)11-13-9-5-2-6-10-13;2*1-5-2-4-3-6-4;6*1-2/h3-10,19-20,23-24H,11-16H2,1-2H3;2*1-10H,11H2;2*4H,2-3H2,1H3;6*1-2H3. The fraction of sp³-hybridized carbons (Fsp3) is 0.471. The first kappa shape index (κ1) is 75.2. The van der Waals surface area contributed by atoms with Gasteiger partial charge < -0.3 is 38.6 Å². The highest BCUT2D eigenvalue weighted by Crippen LogP contribution is 2.29. The molecule has 0 radical (unpaired) electrons. The second kappa shape index (κ2) is 56.2. The number of aliphatic hydroxyl groups excluding tert-OH is 2. The van der Waals surface area contributed by atoms with E-state index < -0.39 is 12.2 Å². The molecule has 8 heteroatoms. The molecule has 2 heterocycles. The van der Waals surface area contributed by atoms with Crippen LogP contribution >= 0.6 is 0 Å². The van der Waals surface area contributed by atoms with E-state index in [1.807, 2.05) is 107 Å². The highest BCUT2D eigenvalue weighted by molar-refractivity contribution is 5.70. The van der Waals surface area contributed by atoms with Crippen LogP contribution in [0.15, 0.2) is 170 Å². The zero-order valence-electron chi connectivity index (χ0n) is 50.3. The van der Waals surface area contributed by atoms with Gasteiger partial charge in [0.25, 0.3) is 0 Å². The summed E-state index contributed by atoms with van der Waals surface area (Å²) in [5, 5.41) is 19.9. The molecular weight excluding hydrogens is 945 g/mol. The molecule has 2 aliphatic heterocycles. The molecule has 2 saturated heterocycles. The molecule has 4 unspecified atom stereocenters. The number of aryl methyl sites for hydroxylation is 2. The second-order valence-corrected chi connectivity index (χ2v) is 15.7. The van der Waals surface area contributed by atoms with E-state index in [1.54, 1.807) is 28.4 Å². The van der Waals surface area contributed by atoms with Crippen molar-refractivity contribution < 1.29 is 38.6 Å². The molecule has 0 saturated carbocycles. The van der Waals surface area contributed by atoms with Crippen LogP contribution in [-0.2, 0) is 54.1 Å². The average Bonchev–Trinajstić information content (AvgIpc) is 4.46. The van der Waals surface area contributed by atoms with Gasteiger partial charge in [0, 0.05) is 28.4 Å². The molecule has 0 amide bonds. The number of hydrogen-bond donors (Lipinski definition) is 2. The van der Waals surface area contributed by atoms with Gasteiger partial charge >= 0.3 is 0 Å². The van der Waals surface area contributed by atoms with Gasteiger partial charge in [-0.2, -0.15) is 0 Å². The van der Waals surface area contributed by atoms with Crippen LogP contribution < -0.4 is 0 Å². The third-order valence-corrected chi connectivity index (χ3v) is 10.2. The summed E-state index contributed by atoms with van der Waals surface area (Å²) in [4.78, 5) is 0. The molecule has 8 rings (SSSR count). The van der Waals surface area contributed by atoms with Gasteiger partial charge in [-0.15, -0.1) is 0 Å². The SMILES string of the molecule is CC.CC.CC.CC.CC.CC.COCC(O)CCc1ccccc1-c1ccccc1CCC(O)COC.COCC1CO1.COCC1CO1.c1ccc(Cc2ccccc2)cc1.c1ccc(Cc2ccccc2)cc1. The van der Waals surface area contributed by atoms with Crippen molar-refractivity contribution in [1.82, 2.24) is 0 Å². The minimum Gasteiger partial charge on any atom is -0.391 e. The van der Waals surface area contributed by atoms with E-state index in [4.69, 9.17) is 28.4 Å². The van der Waals surface area contributed by atoms with Crippen LogP contribution in [0, 0.1) is 0 Å². The van der Waals surface area contributed by atoms with Gasteiger partial charge in [0.05, 0.1) is 51.8 Å². The molecule has 2 N–H and O–H groups in total. The number of ether oxygens (including phenoxy) is 6. The molecule has 8 nitrogen and oxygen atoms in total. The van der Waals surface area contributed by atoms with Gasteiger partial charge in [-0.25, -0.2) is 0 Å². The topological polar surface area (TPSA) is 102 Å². The van der Waals surface area contributed by atoms with E-state index in [0.29, 0.717) is 38.3 Å². The minimum absolute atomic E-state index is 0.357. The van der Waals surface area contributed by atoms with Crippen molar-refractivity contribution in [3.05, 3.63) is 203 Å². The van der Waals surface area contributed by atoms with E-state index in [-0.39, 0.29) is 0 Å². The van der Waals surface area contributed by atoms with Crippen molar-refractivity contribution in [2.75, 3.05) is 68.1 Å². The Morgan fingerprint density at radius 2 is 0.605 bits per heavy atom. The van der Waals surface area contributed by atoms with Crippen molar-refractivity contribution in [3.63, 3.8) is 0 Å². The maximum atomic E-state index is 9.96. The number of aliphatic hydroxyl groups is 2. The van der Waals surface area contributed by atoms with Crippen LogP contribution in [-0.4, -0.2) is 103 Å². The van der Waals surface area contributed by atoms with Gasteiger partial charge in [-0.1, -0.05) is 253 Å². The molecule has 4 atom stereocenters. The van der Waals surface area contributed by atoms with Crippen LogP contribution in [0.5, 0.6) is 0 Å². The molecule has 0 aromatic heterocycles. The molecule has 0 aliphatic carbocycles. The van der Waals surface area contributed by atoms with Crippen molar-refractivity contribution in [2.24, 2.45) is 0 Å². The minimum atomic E-state index is -0.451. The number of methoxy groups -OCH3 is 4. The number of epoxide rings is 2. The van der Waals surface area contributed by atoms with Crippen molar-refractivity contribution in [3.8, 4) is 11.1 Å². The van der Waals surface area contributed by atoms with Gasteiger partial charge in [0.2, 0.25) is 0 Å². The Hall–Kier alpha value is -5.00. The van der Waals surface area contributed by atoms with E-state index in [9.17, 15) is 10.2 Å². The Bertz CT molecular complexity index is 1800. The monoisotopic (exact) mass is 1050 g/mol. The van der Waals surface area contributed by atoms with Crippen LogP contribution in [0.4, 0.5) is 0 Å². The zero-order chi connectivity index (χ0) is 57.5. The molecule has 426 valence electrons. The summed E-state index contributed by atoms with van der Waals surface area (Å²) in [5.41, 5.74) is 10.3. The molecule has 0 bridgehead atoms. The van der Waals surface area contributed by atoms with Crippen molar-refractivity contribution in [1.29, 1.82) is 0 Å². The van der Waals surface area contributed by atoms with Gasteiger partial charge in [0.1, 0.15) is 12.2 Å². The predicted molar refractivity (Wildman–Crippen MR) is 327 cm³/mol. The highest BCUT2D eigenvalue weighted by Gasteiger charge is 2.21. The first-order chi connectivity index (χ1) is 37.4. The Kier molecular flexibility index (Phi) is 55.6. The summed E-state index contributed by atoms with van der Waals surface area (Å²) >= 11 is 0. The van der Waals surface area contributed by atoms with E-state index >= 15 is 0 Å². The summed E-state index contributed by atoms with van der Waals surface area (Å²) in [6.45, 7) is 28.0. The van der Waals surface area contributed by atoms with Crippen LogP contribution in [0.3, 0.4) is 0 Å². The van der Waals surface area contributed by atoms with Gasteiger partial charge in [0.15, 0.2) is 0 Å². The molecule has 0 spiro atoms. The Morgan fingerprint density at radius 1 is 0.368 bits per heavy atom. The summed E-state index contributed by atoms with van der Waals surface area (Å²) < 4.78 is 29.2. The Balaban J connectivity index is -0.000000903. The van der Waals surface area contributed by atoms with Gasteiger partial charge in [-0.05, 0) is 83.0 Å². The summed E-state index contributed by atoms with van der Waals surface area (Å²) in [7, 11) is 6.57. The lowest BCUT2D eigenvalue weighted by Crippen LogP contribution is -2.15. The largest absolute Gasteiger partial charge is 0.391 e. The Morgan fingerprint density at radius 3 is 0.816 bits per heavy atom. The number of hydrogen-bond acceptors (Lipinski definition) is 8. The van der Waals surface area contributed by atoms with E-state index in [2.05, 4.69) is 146 Å². The third kappa shape index (κ3) is 40.3. The van der Waals surface area contributed by atoms with E-state index in [0.717, 1.165) is 52.1 Å². The number of benzene rings is 6. The maximum Gasteiger partial charge on any atom is 0.104 e. The van der Waals surface area contributed by atoms with Crippen molar-refractivity contribution in [2.45, 2.75) is 146 Å². The molecule has 76 heavy (non-hydrogen) atoms. The van der Waals surface area contributed by atoms with Crippen LogP contribution in [0.25, 0.3) is 11.1 Å². The van der Waals surface area contributed by atoms with Crippen LogP contribution in [0.2, 0.25) is 0 Å². The Labute approximate surface area is 465 Å². The summed E-state index contributed by atoms with van der Waals surface area (Å²) in [6, 6.07) is 58.8. The van der Waals surface area contributed by atoms with Gasteiger partial charge in [-0.3, -0.25) is 0 Å². The molecular formula is C68H106O8. The zero-order valence-corrected chi connectivity index (χ0v) is 50.3. The quantitative estimate of drug-likeness (QED) is 0.0774.